The van der Waals surface area contributed by atoms with Gasteiger partial charge >= 0.3 is 33.3 Å². The Kier molecular flexibility index (Phi) is 31.8. The largest absolute Gasteiger partial charge is 0.481 e. The number of hydrogen-bond donors (Lipinski definition) is 7. The SMILES string of the molecule is CCCCC[C@H](O)C=C[C@@H]1[C@H](O)[C@H](O)[C@H]2COP(=O)(O)OP(=O)(O)OC[C@H](OC(=O)CCCCCCCCCCCCCCCCC(C)C)COC(=O)CCC/C=C\C[C@@H](C(=O)C[C@H]1O)[C@H](n1ccc(N)nc1=O)O2. The molecule has 2 unspecified atom stereocenters. The van der Waals surface area contributed by atoms with Gasteiger partial charge in [0.1, 0.15) is 36.6 Å². The fourth-order valence-electron chi connectivity index (χ4n) is 8.96. The van der Waals surface area contributed by atoms with Crippen molar-refractivity contribution >= 4 is 39.2 Å². The molecule has 23 heteroatoms. The monoisotopic (exact) mass is 1110 g/mol. The molecule has 1 saturated heterocycles. The first-order valence-electron chi connectivity index (χ1n) is 27.3. The molecule has 1 aromatic heterocycles. The Morgan fingerprint density at radius 3 is 2.05 bits per heavy atom. The molecule has 2 aliphatic rings. The van der Waals surface area contributed by atoms with E-state index >= 15 is 0 Å². The number of cyclic esters (lactones) is 1. The lowest BCUT2D eigenvalue weighted by Gasteiger charge is -2.38. The first-order valence-corrected chi connectivity index (χ1v) is 30.3. The molecule has 0 aromatic carbocycles. The number of ketones is 1. The van der Waals surface area contributed by atoms with Gasteiger partial charge in [-0.05, 0) is 44.1 Å². The Labute approximate surface area is 443 Å². The predicted octanol–water partition coefficient (Wildman–Crippen LogP) is 8.23. The number of unbranched alkanes of at least 4 members (excludes halogenated alkanes) is 15. The number of aliphatic hydroxyl groups excluding tert-OH is 4. The van der Waals surface area contributed by atoms with Crippen LogP contribution in [0, 0.1) is 17.8 Å². The smallest absolute Gasteiger partial charge is 0.462 e. The van der Waals surface area contributed by atoms with Gasteiger partial charge in [-0.2, -0.15) is 9.29 Å². The second-order valence-corrected chi connectivity index (χ2v) is 23.4. The molecule has 75 heavy (non-hydrogen) atoms. The van der Waals surface area contributed by atoms with E-state index in [1.165, 1.54) is 82.4 Å². The molecular weight excluding hydrogens is 1020 g/mol. The van der Waals surface area contributed by atoms with Gasteiger partial charge in [0.25, 0.3) is 0 Å². The topological polar surface area (TPSA) is 323 Å². The molecule has 2 bridgehead atoms. The van der Waals surface area contributed by atoms with E-state index in [4.69, 9.17) is 29.0 Å². The van der Waals surface area contributed by atoms with E-state index in [9.17, 15) is 58.5 Å². The number of phosphoric ester groups is 2. The van der Waals surface area contributed by atoms with Gasteiger partial charge in [0.05, 0.1) is 37.4 Å². The van der Waals surface area contributed by atoms with Gasteiger partial charge in [-0.3, -0.25) is 28.0 Å². The Balaban J connectivity index is 1.75. The standard InChI is InChI=1S/C52H89N3O18P2/c1-4-5-20-26-39(56)30-31-41-43(57)34-44(58)42-27-22-18-19-23-28-47(59)68-35-40(71-48(60)29-24-17-15-13-11-9-7-6-8-10-12-14-16-21-25-38(2)3)36-69-74(64,65)73-75(66,67)70-37-45(50(62)49(41)61)72-51(42)55-33-32-46(53)54-52(55)63/h18,22,30-33,38-43,45,49-51,56-57,61-62H,4-17,19-21,23-29,34-37H2,1-3H3,(H,64,65)(H,66,67)(H2,53,54,63)/b22-18-,31-30?/t39-,40+,41-,42-,43+,45+,49-,50+,51+/m0/s1. The van der Waals surface area contributed by atoms with Gasteiger partial charge in [0.15, 0.2) is 6.10 Å². The lowest BCUT2D eigenvalue weighted by molar-refractivity contribution is -0.183. The van der Waals surface area contributed by atoms with E-state index in [2.05, 4.69) is 23.1 Å². The molecule has 11 atom stereocenters. The van der Waals surface area contributed by atoms with Crippen LogP contribution in [0.1, 0.15) is 188 Å². The molecule has 0 aliphatic carbocycles. The predicted molar refractivity (Wildman–Crippen MR) is 281 cm³/mol. The fourth-order valence-corrected chi connectivity index (χ4v) is 11.1. The molecule has 8 N–H and O–H groups in total. The second-order valence-electron chi connectivity index (χ2n) is 20.3. The van der Waals surface area contributed by atoms with Crippen LogP contribution in [-0.2, 0) is 51.1 Å². The van der Waals surface area contributed by atoms with Crippen molar-refractivity contribution in [2.75, 3.05) is 25.6 Å². The summed E-state index contributed by atoms with van der Waals surface area (Å²) in [6, 6.07) is 1.22. The molecule has 21 nitrogen and oxygen atoms in total. The average molecular weight is 1110 g/mol. The summed E-state index contributed by atoms with van der Waals surface area (Å²) in [5.41, 5.74) is 4.73. The molecular formula is C52H89N3O18P2. The Morgan fingerprint density at radius 1 is 0.840 bits per heavy atom. The number of phosphoric acid groups is 2. The van der Waals surface area contributed by atoms with Crippen LogP contribution in [0.5, 0.6) is 0 Å². The summed E-state index contributed by atoms with van der Waals surface area (Å²) in [6.07, 6.45) is 14.2. The Bertz CT molecular complexity index is 2040. The number of aliphatic hydroxyl groups is 4. The number of anilines is 1. The van der Waals surface area contributed by atoms with Gasteiger partial charge in [-0.25, -0.2) is 13.9 Å². The van der Waals surface area contributed by atoms with Gasteiger partial charge in [-0.15, -0.1) is 0 Å². The third kappa shape index (κ3) is 27.3. The maximum absolute atomic E-state index is 14.3. The number of esters is 2. The number of allylic oxidation sites excluding steroid dienone is 2. The number of carbonyl (C=O) groups excluding carboxylic acids is 3. The van der Waals surface area contributed by atoms with Crippen molar-refractivity contribution in [3.05, 3.63) is 47.1 Å². The molecule has 0 radical (unpaired) electrons. The normalized spacial score (nSPS) is 29.1. The van der Waals surface area contributed by atoms with Crippen molar-refractivity contribution in [1.82, 2.24) is 9.55 Å². The molecule has 3 rings (SSSR count). The van der Waals surface area contributed by atoms with Crippen LogP contribution in [0.4, 0.5) is 5.82 Å². The quantitative estimate of drug-likeness (QED) is 0.0210. The summed E-state index contributed by atoms with van der Waals surface area (Å²) >= 11 is 0. The summed E-state index contributed by atoms with van der Waals surface area (Å²) < 4.78 is 59.0. The van der Waals surface area contributed by atoms with E-state index in [0.717, 1.165) is 55.2 Å². The van der Waals surface area contributed by atoms with Crippen LogP contribution in [-0.4, -0.2) is 114 Å². The molecule has 3 heterocycles. The van der Waals surface area contributed by atoms with Crippen LogP contribution in [0.15, 0.2) is 41.4 Å². The maximum Gasteiger partial charge on any atom is 0.481 e. The van der Waals surface area contributed by atoms with Gasteiger partial charge in [-0.1, -0.05) is 154 Å². The van der Waals surface area contributed by atoms with Gasteiger partial charge in [0, 0.05) is 31.4 Å². The number of carbonyl (C=O) groups is 3. The zero-order valence-corrected chi connectivity index (χ0v) is 46.3. The highest BCUT2D eigenvalue weighted by Gasteiger charge is 2.45. The summed E-state index contributed by atoms with van der Waals surface area (Å²) in [5.74, 6) is -4.36. The molecule has 2 aliphatic heterocycles. The minimum Gasteiger partial charge on any atom is -0.462 e. The number of fused-ring (bicyclic) bond motifs is 3. The lowest BCUT2D eigenvalue weighted by Crippen LogP contribution is -2.51. The number of ether oxygens (including phenoxy) is 3. The highest BCUT2D eigenvalue weighted by atomic mass is 31.3. The van der Waals surface area contributed by atoms with Crippen LogP contribution >= 0.6 is 15.6 Å². The third-order valence-corrected chi connectivity index (χ3v) is 15.9. The summed E-state index contributed by atoms with van der Waals surface area (Å²) in [5, 5.41) is 45.6. The number of rotatable bonds is 25. The van der Waals surface area contributed by atoms with Crippen LogP contribution < -0.4 is 11.4 Å². The van der Waals surface area contributed by atoms with Crippen molar-refractivity contribution in [2.24, 2.45) is 17.8 Å². The van der Waals surface area contributed by atoms with Gasteiger partial charge < -0.3 is 50.2 Å². The Hall–Kier alpha value is -3.17. The molecule has 0 amide bonds. The number of nitrogens with two attached hydrogens (primary N) is 1. The molecule has 430 valence electrons. The fraction of sp³-hybridized carbons (Fsp3) is 0.788. The summed E-state index contributed by atoms with van der Waals surface area (Å²) in [4.78, 5) is 78.5. The van der Waals surface area contributed by atoms with Crippen molar-refractivity contribution in [3.63, 3.8) is 0 Å². The van der Waals surface area contributed by atoms with Crippen LogP contribution in [0.2, 0.25) is 0 Å². The number of Topliss-reactive ketones (excluding diaryl/α,β-unsaturated/α-hetero) is 1. The summed E-state index contributed by atoms with van der Waals surface area (Å²) in [6.45, 7) is 3.76. The van der Waals surface area contributed by atoms with E-state index < -0.39 is 120 Å². The maximum atomic E-state index is 14.3. The highest BCUT2D eigenvalue weighted by Crippen LogP contribution is 2.60. The van der Waals surface area contributed by atoms with Crippen molar-refractivity contribution in [1.29, 1.82) is 0 Å². The summed E-state index contributed by atoms with van der Waals surface area (Å²) in [7, 11) is -11.3. The average Bonchev–Trinajstić information content (AvgIpc) is 3.33. The molecule has 0 spiro atoms. The minimum atomic E-state index is -5.72. The second kappa shape index (κ2) is 36.1. The van der Waals surface area contributed by atoms with E-state index in [-0.39, 0.29) is 37.9 Å². The zero-order chi connectivity index (χ0) is 55.2. The van der Waals surface area contributed by atoms with Crippen molar-refractivity contribution in [2.45, 2.75) is 224 Å². The lowest BCUT2D eigenvalue weighted by atomic mass is 9.83. The first-order chi connectivity index (χ1) is 35.7. The molecule has 1 aromatic rings. The Morgan fingerprint density at radius 2 is 1.44 bits per heavy atom. The zero-order valence-electron chi connectivity index (χ0n) is 44.5. The van der Waals surface area contributed by atoms with Crippen LogP contribution in [0.3, 0.4) is 0 Å². The molecule has 1 fully saturated rings. The van der Waals surface area contributed by atoms with Gasteiger partial charge in [0.2, 0.25) is 0 Å². The highest BCUT2D eigenvalue weighted by molar-refractivity contribution is 7.61. The minimum absolute atomic E-state index is 0.00120. The van der Waals surface area contributed by atoms with Crippen LogP contribution in [0.25, 0.3) is 0 Å². The van der Waals surface area contributed by atoms with E-state index in [1.54, 1.807) is 12.2 Å². The first kappa shape index (κ1) is 66.1. The number of nitrogens with zero attached hydrogens (tertiary/aromatic N) is 2. The van der Waals surface area contributed by atoms with Crippen molar-refractivity contribution < 1.29 is 81.3 Å². The molecule has 0 saturated carbocycles. The number of hydrogen-bond acceptors (Lipinski definition) is 18. The number of aromatic nitrogens is 2. The third-order valence-electron chi connectivity index (χ3n) is 13.3. The van der Waals surface area contributed by atoms with E-state index in [1.807, 2.05) is 6.92 Å². The van der Waals surface area contributed by atoms with Crippen molar-refractivity contribution in [3.8, 4) is 0 Å². The number of nitrogen functional groups attached to an aromatic ring is 1. The van der Waals surface area contributed by atoms with E-state index in [0.29, 0.717) is 19.3 Å².